The summed E-state index contributed by atoms with van der Waals surface area (Å²) >= 11 is 0. The van der Waals surface area contributed by atoms with E-state index < -0.39 is 0 Å². The SMILES string of the molecule is CC(NC1CC1(C)C)c1ccoc1. The van der Waals surface area contributed by atoms with Crippen LogP contribution in [0.5, 0.6) is 0 Å². The minimum Gasteiger partial charge on any atom is -0.472 e. The molecule has 0 radical (unpaired) electrons. The lowest BCUT2D eigenvalue weighted by atomic mass is 10.1. The van der Waals surface area contributed by atoms with Gasteiger partial charge in [-0.3, -0.25) is 0 Å². The molecule has 1 saturated carbocycles. The molecular weight excluding hydrogens is 162 g/mol. The number of hydrogen-bond donors (Lipinski definition) is 1. The molecule has 1 aliphatic carbocycles. The first-order valence-corrected chi connectivity index (χ1v) is 4.88. The molecule has 1 aliphatic rings. The molecule has 1 fully saturated rings. The van der Waals surface area contributed by atoms with Crippen LogP contribution in [0, 0.1) is 5.41 Å². The highest BCUT2D eigenvalue weighted by atomic mass is 16.3. The first kappa shape index (κ1) is 8.82. The minimum absolute atomic E-state index is 0.408. The van der Waals surface area contributed by atoms with Gasteiger partial charge in [0.15, 0.2) is 0 Å². The van der Waals surface area contributed by atoms with Crippen molar-refractivity contribution in [2.75, 3.05) is 0 Å². The first-order valence-electron chi connectivity index (χ1n) is 4.88. The molecule has 2 heteroatoms. The Kier molecular flexibility index (Phi) is 1.95. The molecule has 2 atom stereocenters. The van der Waals surface area contributed by atoms with Crippen LogP contribution < -0.4 is 5.32 Å². The van der Waals surface area contributed by atoms with Crippen LogP contribution in [0.2, 0.25) is 0 Å². The summed E-state index contributed by atoms with van der Waals surface area (Å²) in [6.45, 7) is 6.78. The zero-order valence-electron chi connectivity index (χ0n) is 8.50. The van der Waals surface area contributed by atoms with Gasteiger partial charge in [0.25, 0.3) is 0 Å². The molecule has 0 aromatic carbocycles. The highest BCUT2D eigenvalue weighted by Crippen LogP contribution is 2.45. The maximum atomic E-state index is 5.05. The van der Waals surface area contributed by atoms with Crippen molar-refractivity contribution in [1.29, 1.82) is 0 Å². The molecule has 2 nitrogen and oxygen atoms in total. The van der Waals surface area contributed by atoms with E-state index in [-0.39, 0.29) is 0 Å². The molecule has 0 saturated heterocycles. The topological polar surface area (TPSA) is 25.2 Å². The van der Waals surface area contributed by atoms with Gasteiger partial charge < -0.3 is 9.73 Å². The van der Waals surface area contributed by atoms with Gasteiger partial charge in [-0.15, -0.1) is 0 Å². The quantitative estimate of drug-likeness (QED) is 0.771. The molecule has 1 aromatic rings. The summed E-state index contributed by atoms with van der Waals surface area (Å²) in [7, 11) is 0. The standard InChI is InChI=1S/C11H17NO/c1-8(9-4-5-13-7-9)12-10-6-11(10,2)3/h4-5,7-8,10,12H,6H2,1-3H3. The third-order valence-electron chi connectivity index (χ3n) is 3.01. The van der Waals surface area contributed by atoms with Gasteiger partial charge in [-0.05, 0) is 24.8 Å². The second-order valence-electron chi connectivity index (χ2n) is 4.69. The average molecular weight is 179 g/mol. The molecule has 0 spiro atoms. The summed E-state index contributed by atoms with van der Waals surface area (Å²) in [6, 6.07) is 3.11. The Morgan fingerprint density at radius 3 is 2.77 bits per heavy atom. The van der Waals surface area contributed by atoms with E-state index in [0.29, 0.717) is 17.5 Å². The second kappa shape index (κ2) is 2.88. The van der Waals surface area contributed by atoms with Crippen LogP contribution in [0.3, 0.4) is 0 Å². The van der Waals surface area contributed by atoms with Crippen molar-refractivity contribution in [2.24, 2.45) is 5.41 Å². The van der Waals surface area contributed by atoms with Crippen LogP contribution in [0.15, 0.2) is 23.0 Å². The molecule has 0 aliphatic heterocycles. The second-order valence-corrected chi connectivity index (χ2v) is 4.69. The van der Waals surface area contributed by atoms with E-state index >= 15 is 0 Å². The van der Waals surface area contributed by atoms with Crippen molar-refractivity contribution in [3.63, 3.8) is 0 Å². The van der Waals surface area contributed by atoms with Crippen molar-refractivity contribution < 1.29 is 4.42 Å². The Balaban J connectivity index is 1.90. The summed E-state index contributed by atoms with van der Waals surface area (Å²) < 4.78 is 5.05. The van der Waals surface area contributed by atoms with Crippen molar-refractivity contribution in [1.82, 2.24) is 5.32 Å². The third-order valence-corrected chi connectivity index (χ3v) is 3.01. The zero-order valence-corrected chi connectivity index (χ0v) is 8.50. The summed E-state index contributed by atoms with van der Waals surface area (Å²) in [5, 5.41) is 3.59. The van der Waals surface area contributed by atoms with E-state index in [9.17, 15) is 0 Å². The highest BCUT2D eigenvalue weighted by molar-refractivity contribution is 5.13. The summed E-state index contributed by atoms with van der Waals surface area (Å²) in [6.07, 6.45) is 4.83. The smallest absolute Gasteiger partial charge is 0.0950 e. The summed E-state index contributed by atoms with van der Waals surface area (Å²) in [5.41, 5.74) is 1.74. The van der Waals surface area contributed by atoms with Crippen molar-refractivity contribution >= 4 is 0 Å². The van der Waals surface area contributed by atoms with E-state index in [2.05, 4.69) is 26.1 Å². The number of nitrogens with one attached hydrogen (secondary N) is 1. The Hall–Kier alpha value is -0.760. The van der Waals surface area contributed by atoms with Crippen molar-refractivity contribution in [3.8, 4) is 0 Å². The Labute approximate surface area is 79.3 Å². The number of hydrogen-bond acceptors (Lipinski definition) is 2. The fraction of sp³-hybridized carbons (Fsp3) is 0.636. The van der Waals surface area contributed by atoms with Gasteiger partial charge in [0.1, 0.15) is 0 Å². The molecule has 2 unspecified atom stereocenters. The average Bonchev–Trinajstić information content (AvgIpc) is 2.58. The van der Waals surface area contributed by atoms with Gasteiger partial charge in [-0.1, -0.05) is 13.8 Å². The molecule has 1 aromatic heterocycles. The van der Waals surface area contributed by atoms with Crippen LogP contribution in [0.1, 0.15) is 38.8 Å². The zero-order chi connectivity index (χ0) is 9.47. The van der Waals surface area contributed by atoms with Gasteiger partial charge in [-0.2, -0.15) is 0 Å². The molecular formula is C11H17NO. The number of furan rings is 1. The van der Waals surface area contributed by atoms with E-state index in [0.717, 1.165) is 0 Å². The maximum Gasteiger partial charge on any atom is 0.0950 e. The van der Waals surface area contributed by atoms with Crippen LogP contribution in [0.4, 0.5) is 0 Å². The van der Waals surface area contributed by atoms with Gasteiger partial charge in [-0.25, -0.2) is 0 Å². The normalized spacial score (nSPS) is 27.2. The maximum absolute atomic E-state index is 5.05. The Morgan fingerprint density at radius 1 is 1.62 bits per heavy atom. The van der Waals surface area contributed by atoms with Gasteiger partial charge in [0, 0.05) is 17.6 Å². The van der Waals surface area contributed by atoms with Crippen molar-refractivity contribution in [3.05, 3.63) is 24.2 Å². The highest BCUT2D eigenvalue weighted by Gasteiger charge is 2.45. The fourth-order valence-corrected chi connectivity index (χ4v) is 1.67. The van der Waals surface area contributed by atoms with E-state index in [1.807, 2.05) is 12.3 Å². The predicted molar refractivity (Wildman–Crippen MR) is 52.4 cm³/mol. The summed E-state index contributed by atoms with van der Waals surface area (Å²) in [5.74, 6) is 0. The lowest BCUT2D eigenvalue weighted by Gasteiger charge is -2.12. The van der Waals surface area contributed by atoms with Crippen LogP contribution in [-0.2, 0) is 0 Å². The molecule has 72 valence electrons. The number of rotatable bonds is 3. The first-order chi connectivity index (χ1) is 6.09. The van der Waals surface area contributed by atoms with E-state index in [4.69, 9.17) is 4.42 Å². The van der Waals surface area contributed by atoms with Crippen LogP contribution >= 0.6 is 0 Å². The molecule has 13 heavy (non-hydrogen) atoms. The Bertz CT molecular complexity index is 276. The third kappa shape index (κ3) is 1.78. The monoisotopic (exact) mass is 179 g/mol. The largest absolute Gasteiger partial charge is 0.472 e. The molecule has 2 rings (SSSR count). The predicted octanol–water partition coefficient (Wildman–Crippen LogP) is 2.73. The van der Waals surface area contributed by atoms with Crippen LogP contribution in [-0.4, -0.2) is 6.04 Å². The van der Waals surface area contributed by atoms with E-state index in [1.54, 1.807) is 6.26 Å². The van der Waals surface area contributed by atoms with E-state index in [1.165, 1.54) is 12.0 Å². The van der Waals surface area contributed by atoms with Crippen molar-refractivity contribution in [2.45, 2.75) is 39.3 Å². The minimum atomic E-state index is 0.408. The lowest BCUT2D eigenvalue weighted by molar-refractivity contribution is 0.485. The lowest BCUT2D eigenvalue weighted by Crippen LogP contribution is -2.23. The molecule has 1 heterocycles. The molecule has 0 bridgehead atoms. The van der Waals surface area contributed by atoms with Gasteiger partial charge >= 0.3 is 0 Å². The Morgan fingerprint density at radius 2 is 2.31 bits per heavy atom. The summed E-state index contributed by atoms with van der Waals surface area (Å²) in [4.78, 5) is 0. The van der Waals surface area contributed by atoms with Gasteiger partial charge in [0.05, 0.1) is 12.5 Å². The molecule has 1 N–H and O–H groups in total. The van der Waals surface area contributed by atoms with Crippen LogP contribution in [0.25, 0.3) is 0 Å². The molecule has 0 amide bonds. The fourth-order valence-electron chi connectivity index (χ4n) is 1.67. The van der Waals surface area contributed by atoms with Gasteiger partial charge in [0.2, 0.25) is 0 Å².